The van der Waals surface area contributed by atoms with Gasteiger partial charge in [-0.2, -0.15) is 0 Å². The molecule has 1 amide bonds. The molecule has 0 atom stereocenters. The number of carbonyl (C=O) groups is 2. The molecule has 1 aromatic rings. The summed E-state index contributed by atoms with van der Waals surface area (Å²) in [4.78, 5) is 21.6. The number of hydrogen-bond acceptors (Lipinski definition) is 3. The summed E-state index contributed by atoms with van der Waals surface area (Å²) in [7, 11) is 0. The third-order valence-corrected chi connectivity index (χ3v) is 1.60. The Hall–Kier alpha value is -1.84. The summed E-state index contributed by atoms with van der Waals surface area (Å²) in [5.74, 6) is 0. The maximum atomic E-state index is 11.0. The van der Waals surface area contributed by atoms with Gasteiger partial charge in [-0.15, -0.1) is 0 Å². The molecule has 4 nitrogen and oxygen atoms in total. The molecule has 0 aromatic heterocycles. The van der Waals surface area contributed by atoms with E-state index in [2.05, 4.69) is 10.1 Å². The molecule has 0 saturated heterocycles. The molecular weight excluding hydrogens is 182 g/mol. The minimum Gasteiger partial charge on any atom is -0.450 e. The zero-order valence-corrected chi connectivity index (χ0v) is 7.82. The minimum absolute atomic E-state index is 0.301. The highest BCUT2D eigenvalue weighted by Crippen LogP contribution is 2.12. The van der Waals surface area contributed by atoms with Crippen molar-refractivity contribution in [1.82, 2.24) is 0 Å². The van der Waals surface area contributed by atoms with Crippen LogP contribution in [0, 0.1) is 0 Å². The monoisotopic (exact) mass is 193 g/mol. The summed E-state index contributed by atoms with van der Waals surface area (Å²) in [6.45, 7) is 2.01. The second-order valence-electron chi connectivity index (χ2n) is 2.55. The first-order valence-corrected chi connectivity index (χ1v) is 4.26. The fourth-order valence-electron chi connectivity index (χ4n) is 0.991. The lowest BCUT2D eigenvalue weighted by molar-refractivity contribution is 0.112. The smallest absolute Gasteiger partial charge is 0.411 e. The highest BCUT2D eigenvalue weighted by molar-refractivity contribution is 5.92. The van der Waals surface area contributed by atoms with Gasteiger partial charge >= 0.3 is 6.09 Å². The third-order valence-electron chi connectivity index (χ3n) is 1.60. The second kappa shape index (κ2) is 5.01. The van der Waals surface area contributed by atoms with E-state index >= 15 is 0 Å². The lowest BCUT2D eigenvalue weighted by atomic mass is 10.2. The molecule has 0 radical (unpaired) electrons. The Labute approximate surface area is 81.9 Å². The van der Waals surface area contributed by atoms with Gasteiger partial charge in [0.05, 0.1) is 12.3 Å². The molecule has 0 aliphatic rings. The molecule has 0 heterocycles. The van der Waals surface area contributed by atoms with Crippen molar-refractivity contribution in [3.8, 4) is 0 Å². The number of aldehydes is 1. The van der Waals surface area contributed by atoms with Crippen LogP contribution >= 0.6 is 0 Å². The van der Waals surface area contributed by atoms with Crippen LogP contribution in [0.1, 0.15) is 17.3 Å². The first-order chi connectivity index (χ1) is 6.77. The number of benzene rings is 1. The van der Waals surface area contributed by atoms with E-state index in [1.807, 2.05) is 0 Å². The average molecular weight is 193 g/mol. The van der Waals surface area contributed by atoms with Crippen LogP contribution in [0.5, 0.6) is 0 Å². The molecule has 0 fully saturated rings. The van der Waals surface area contributed by atoms with Crippen LogP contribution in [0.25, 0.3) is 0 Å². The van der Waals surface area contributed by atoms with Gasteiger partial charge in [-0.3, -0.25) is 10.1 Å². The standard InChI is InChI=1S/C10H11NO3/c1-2-14-10(13)11-9-6-4-3-5-8(9)7-12/h3-7H,2H2,1H3,(H,11,13). The maximum Gasteiger partial charge on any atom is 0.411 e. The zero-order valence-electron chi connectivity index (χ0n) is 7.82. The first kappa shape index (κ1) is 10.2. The van der Waals surface area contributed by atoms with Crippen molar-refractivity contribution in [2.75, 3.05) is 11.9 Å². The Morgan fingerprint density at radius 3 is 2.86 bits per heavy atom. The number of ether oxygens (including phenoxy) is 1. The third kappa shape index (κ3) is 2.58. The van der Waals surface area contributed by atoms with Crippen LogP contribution in [-0.2, 0) is 4.74 Å². The number of anilines is 1. The molecule has 1 rings (SSSR count). The molecular formula is C10H11NO3. The SMILES string of the molecule is CCOC(=O)Nc1ccccc1C=O. The van der Waals surface area contributed by atoms with E-state index in [-0.39, 0.29) is 0 Å². The van der Waals surface area contributed by atoms with E-state index in [4.69, 9.17) is 0 Å². The number of nitrogens with one attached hydrogen (secondary N) is 1. The molecule has 4 heteroatoms. The van der Waals surface area contributed by atoms with Gasteiger partial charge in [-0.05, 0) is 19.1 Å². The van der Waals surface area contributed by atoms with Crippen LogP contribution in [-0.4, -0.2) is 19.0 Å². The molecule has 0 saturated carbocycles. The summed E-state index contributed by atoms with van der Waals surface area (Å²) in [6.07, 6.45) is 0.128. The lowest BCUT2D eigenvalue weighted by Crippen LogP contribution is -2.14. The Morgan fingerprint density at radius 2 is 2.21 bits per heavy atom. The van der Waals surface area contributed by atoms with E-state index in [0.29, 0.717) is 24.1 Å². The molecule has 0 unspecified atom stereocenters. The van der Waals surface area contributed by atoms with Gasteiger partial charge in [-0.25, -0.2) is 4.79 Å². The van der Waals surface area contributed by atoms with Gasteiger partial charge in [0.15, 0.2) is 6.29 Å². The van der Waals surface area contributed by atoms with Crippen molar-refractivity contribution in [3.63, 3.8) is 0 Å². The largest absolute Gasteiger partial charge is 0.450 e. The normalized spacial score (nSPS) is 9.21. The second-order valence-corrected chi connectivity index (χ2v) is 2.55. The van der Waals surface area contributed by atoms with Crippen LogP contribution in [0.3, 0.4) is 0 Å². The van der Waals surface area contributed by atoms with Crippen LogP contribution in [0.2, 0.25) is 0 Å². The van der Waals surface area contributed by atoms with Gasteiger partial charge < -0.3 is 4.74 Å². The van der Waals surface area contributed by atoms with E-state index in [0.717, 1.165) is 0 Å². The van der Waals surface area contributed by atoms with Gasteiger partial charge in [0.25, 0.3) is 0 Å². The van der Waals surface area contributed by atoms with Gasteiger partial charge in [-0.1, -0.05) is 12.1 Å². The fourth-order valence-corrected chi connectivity index (χ4v) is 0.991. The number of rotatable bonds is 3. The van der Waals surface area contributed by atoms with E-state index < -0.39 is 6.09 Å². The average Bonchev–Trinajstić information content (AvgIpc) is 2.19. The number of para-hydroxylation sites is 1. The molecule has 74 valence electrons. The maximum absolute atomic E-state index is 11.0. The lowest BCUT2D eigenvalue weighted by Gasteiger charge is -2.06. The number of carbonyl (C=O) groups excluding carboxylic acids is 2. The van der Waals surface area contributed by atoms with Crippen molar-refractivity contribution >= 4 is 18.1 Å². The summed E-state index contributed by atoms with van der Waals surface area (Å²) in [5, 5.41) is 2.47. The fraction of sp³-hybridized carbons (Fsp3) is 0.200. The molecule has 14 heavy (non-hydrogen) atoms. The first-order valence-electron chi connectivity index (χ1n) is 4.26. The highest BCUT2D eigenvalue weighted by Gasteiger charge is 2.04. The number of hydrogen-bond donors (Lipinski definition) is 1. The van der Waals surface area contributed by atoms with Crippen molar-refractivity contribution in [3.05, 3.63) is 29.8 Å². The van der Waals surface area contributed by atoms with Crippen molar-refractivity contribution in [2.24, 2.45) is 0 Å². The molecule has 0 aliphatic heterocycles. The topological polar surface area (TPSA) is 55.4 Å². The van der Waals surface area contributed by atoms with Crippen molar-refractivity contribution in [2.45, 2.75) is 6.92 Å². The molecule has 1 N–H and O–H groups in total. The van der Waals surface area contributed by atoms with Crippen LogP contribution in [0.15, 0.2) is 24.3 Å². The summed E-state index contributed by atoms with van der Waals surface area (Å²) < 4.78 is 4.68. The summed E-state index contributed by atoms with van der Waals surface area (Å²) >= 11 is 0. The minimum atomic E-state index is -0.554. The van der Waals surface area contributed by atoms with Crippen molar-refractivity contribution < 1.29 is 14.3 Å². The molecule has 0 spiro atoms. The Morgan fingerprint density at radius 1 is 1.50 bits per heavy atom. The summed E-state index contributed by atoms with van der Waals surface area (Å²) in [5.41, 5.74) is 0.890. The molecule has 1 aromatic carbocycles. The van der Waals surface area contributed by atoms with Gasteiger partial charge in [0.1, 0.15) is 0 Å². The summed E-state index contributed by atoms with van der Waals surface area (Å²) in [6, 6.07) is 6.71. The predicted octanol–water partition coefficient (Wildman–Crippen LogP) is 2.07. The van der Waals surface area contributed by atoms with E-state index in [1.165, 1.54) is 0 Å². The predicted molar refractivity (Wildman–Crippen MR) is 52.5 cm³/mol. The number of amides is 1. The van der Waals surface area contributed by atoms with E-state index in [9.17, 15) is 9.59 Å². The molecule has 0 bridgehead atoms. The zero-order chi connectivity index (χ0) is 10.4. The quantitative estimate of drug-likeness (QED) is 0.747. The highest BCUT2D eigenvalue weighted by atomic mass is 16.5. The van der Waals surface area contributed by atoms with E-state index in [1.54, 1.807) is 31.2 Å². The van der Waals surface area contributed by atoms with Gasteiger partial charge in [0.2, 0.25) is 0 Å². The van der Waals surface area contributed by atoms with Crippen LogP contribution in [0.4, 0.5) is 10.5 Å². The van der Waals surface area contributed by atoms with Gasteiger partial charge in [0, 0.05) is 5.56 Å². The van der Waals surface area contributed by atoms with Crippen molar-refractivity contribution in [1.29, 1.82) is 0 Å². The van der Waals surface area contributed by atoms with Crippen LogP contribution < -0.4 is 5.32 Å². The Balaban J connectivity index is 2.75. The Bertz CT molecular complexity index is 336. The molecule has 0 aliphatic carbocycles. The Kier molecular flexibility index (Phi) is 3.67.